The van der Waals surface area contributed by atoms with Gasteiger partial charge in [-0.2, -0.15) is 5.10 Å². The minimum absolute atomic E-state index is 0.244. The monoisotopic (exact) mass is 298 g/mol. The molecular formula is C14H10N4O2S. The van der Waals surface area contributed by atoms with Crippen molar-refractivity contribution in [3.8, 4) is 28.6 Å². The lowest BCUT2D eigenvalue weighted by Gasteiger charge is -2.06. The number of hydrogen-bond acceptors (Lipinski definition) is 5. The normalized spacial score (nSPS) is 12.6. The van der Waals surface area contributed by atoms with E-state index >= 15 is 0 Å². The molecule has 1 N–H and O–H groups in total. The summed E-state index contributed by atoms with van der Waals surface area (Å²) >= 11 is 5.32. The molecule has 3 aromatic rings. The molecule has 0 amide bonds. The SMILES string of the molecule is S=c1[nH]nc(-c2ccc3c(c2)OCO3)n1-c1cccnc1. The second-order valence-corrected chi connectivity index (χ2v) is 4.85. The Hall–Kier alpha value is -2.67. The molecule has 0 unspecified atom stereocenters. The van der Waals surface area contributed by atoms with Crippen molar-refractivity contribution in [1.29, 1.82) is 0 Å². The van der Waals surface area contributed by atoms with Crippen LogP contribution >= 0.6 is 12.2 Å². The van der Waals surface area contributed by atoms with Crippen molar-refractivity contribution in [3.63, 3.8) is 0 Å². The Bertz CT molecular complexity index is 857. The molecule has 2 aromatic heterocycles. The largest absolute Gasteiger partial charge is 0.454 e. The number of ether oxygens (including phenoxy) is 2. The van der Waals surface area contributed by atoms with Gasteiger partial charge in [0.1, 0.15) is 0 Å². The summed E-state index contributed by atoms with van der Waals surface area (Å²) in [4.78, 5) is 4.12. The molecular weight excluding hydrogens is 288 g/mol. The summed E-state index contributed by atoms with van der Waals surface area (Å²) in [7, 11) is 0. The second kappa shape index (κ2) is 4.71. The van der Waals surface area contributed by atoms with Gasteiger partial charge in [-0.3, -0.25) is 14.6 Å². The Morgan fingerprint density at radius 1 is 1.19 bits per heavy atom. The molecule has 7 heteroatoms. The van der Waals surface area contributed by atoms with E-state index < -0.39 is 0 Å². The fraction of sp³-hybridized carbons (Fsp3) is 0.0714. The summed E-state index contributed by atoms with van der Waals surface area (Å²) in [5, 5.41) is 7.13. The number of nitrogens with zero attached hydrogens (tertiary/aromatic N) is 3. The van der Waals surface area contributed by atoms with Gasteiger partial charge >= 0.3 is 0 Å². The molecule has 21 heavy (non-hydrogen) atoms. The zero-order valence-corrected chi connectivity index (χ0v) is 11.6. The molecule has 4 rings (SSSR count). The summed E-state index contributed by atoms with van der Waals surface area (Å²) in [6, 6.07) is 9.46. The summed E-state index contributed by atoms with van der Waals surface area (Å²) in [6.45, 7) is 0.244. The highest BCUT2D eigenvalue weighted by Crippen LogP contribution is 2.35. The number of benzene rings is 1. The molecule has 0 bridgehead atoms. The number of aromatic nitrogens is 4. The minimum atomic E-state index is 0.244. The maximum atomic E-state index is 5.41. The molecule has 6 nitrogen and oxygen atoms in total. The Morgan fingerprint density at radius 3 is 2.95 bits per heavy atom. The van der Waals surface area contributed by atoms with E-state index in [1.807, 2.05) is 34.9 Å². The number of nitrogens with one attached hydrogen (secondary N) is 1. The third-order valence-electron chi connectivity index (χ3n) is 3.21. The summed E-state index contributed by atoms with van der Waals surface area (Å²) in [6.07, 6.45) is 3.45. The Balaban J connectivity index is 1.89. The number of rotatable bonds is 2. The predicted octanol–water partition coefficient (Wildman–Crippen LogP) is 2.72. The first-order valence-electron chi connectivity index (χ1n) is 6.31. The molecule has 0 radical (unpaired) electrons. The van der Waals surface area contributed by atoms with Gasteiger partial charge in [-0.1, -0.05) is 0 Å². The standard InChI is InChI=1S/C14H10N4O2S/c21-14-17-16-13(18(14)10-2-1-5-15-7-10)9-3-4-11-12(6-9)20-8-19-11/h1-7H,8H2,(H,17,21). The van der Waals surface area contributed by atoms with Gasteiger partial charge in [-0.25, -0.2) is 0 Å². The first-order chi connectivity index (χ1) is 10.3. The lowest BCUT2D eigenvalue weighted by molar-refractivity contribution is 0.174. The van der Waals surface area contributed by atoms with Crippen LogP contribution in [-0.4, -0.2) is 26.5 Å². The number of fused-ring (bicyclic) bond motifs is 1. The van der Waals surface area contributed by atoms with E-state index in [2.05, 4.69) is 15.2 Å². The molecule has 0 fully saturated rings. The quantitative estimate of drug-likeness (QED) is 0.737. The number of H-pyrrole nitrogens is 1. The summed E-state index contributed by atoms with van der Waals surface area (Å²) in [5.74, 6) is 2.14. The van der Waals surface area contributed by atoms with Gasteiger partial charge in [0.15, 0.2) is 22.1 Å². The second-order valence-electron chi connectivity index (χ2n) is 4.47. The highest BCUT2D eigenvalue weighted by Gasteiger charge is 2.17. The predicted molar refractivity (Wildman–Crippen MR) is 78.1 cm³/mol. The van der Waals surface area contributed by atoms with Gasteiger partial charge in [0.25, 0.3) is 0 Å². The van der Waals surface area contributed by atoms with Gasteiger partial charge in [-0.15, -0.1) is 0 Å². The first-order valence-corrected chi connectivity index (χ1v) is 6.71. The molecule has 3 heterocycles. The third-order valence-corrected chi connectivity index (χ3v) is 3.48. The Kier molecular flexibility index (Phi) is 2.71. The van der Waals surface area contributed by atoms with Gasteiger partial charge in [-0.05, 0) is 42.5 Å². The van der Waals surface area contributed by atoms with Crippen LogP contribution in [0.25, 0.3) is 17.1 Å². The molecule has 0 saturated carbocycles. The average molecular weight is 298 g/mol. The van der Waals surface area contributed by atoms with E-state index in [1.165, 1.54) is 0 Å². The van der Waals surface area contributed by atoms with Crippen molar-refractivity contribution in [3.05, 3.63) is 47.5 Å². The van der Waals surface area contributed by atoms with Crippen LogP contribution in [0.3, 0.4) is 0 Å². The van der Waals surface area contributed by atoms with Crippen LogP contribution in [0.4, 0.5) is 0 Å². The van der Waals surface area contributed by atoms with Crippen molar-refractivity contribution >= 4 is 12.2 Å². The molecule has 1 aliphatic heterocycles. The highest BCUT2D eigenvalue weighted by atomic mass is 32.1. The number of hydrogen-bond donors (Lipinski definition) is 1. The van der Waals surface area contributed by atoms with Crippen molar-refractivity contribution in [2.45, 2.75) is 0 Å². The molecule has 0 spiro atoms. The van der Waals surface area contributed by atoms with E-state index in [9.17, 15) is 0 Å². The zero-order chi connectivity index (χ0) is 14.2. The van der Waals surface area contributed by atoms with E-state index in [0.29, 0.717) is 16.3 Å². The lowest BCUT2D eigenvalue weighted by Crippen LogP contribution is -1.98. The van der Waals surface area contributed by atoms with Crippen molar-refractivity contribution < 1.29 is 9.47 Å². The van der Waals surface area contributed by atoms with E-state index in [4.69, 9.17) is 21.7 Å². The zero-order valence-electron chi connectivity index (χ0n) is 10.8. The van der Waals surface area contributed by atoms with Crippen LogP contribution in [0, 0.1) is 4.77 Å². The van der Waals surface area contributed by atoms with Crippen molar-refractivity contribution in [2.24, 2.45) is 0 Å². The van der Waals surface area contributed by atoms with Gasteiger partial charge < -0.3 is 9.47 Å². The number of pyridine rings is 1. The smallest absolute Gasteiger partial charge is 0.231 e. The van der Waals surface area contributed by atoms with Gasteiger partial charge in [0.05, 0.1) is 11.9 Å². The van der Waals surface area contributed by atoms with Crippen LogP contribution in [0.15, 0.2) is 42.7 Å². The molecule has 1 aromatic carbocycles. The maximum absolute atomic E-state index is 5.41. The van der Waals surface area contributed by atoms with E-state index in [0.717, 1.165) is 17.0 Å². The lowest BCUT2D eigenvalue weighted by atomic mass is 10.2. The molecule has 104 valence electrons. The van der Waals surface area contributed by atoms with Crippen LogP contribution in [0.2, 0.25) is 0 Å². The van der Waals surface area contributed by atoms with Gasteiger partial charge in [0.2, 0.25) is 6.79 Å². The van der Waals surface area contributed by atoms with Crippen molar-refractivity contribution in [2.75, 3.05) is 6.79 Å². The molecule has 0 atom stereocenters. The van der Waals surface area contributed by atoms with Crippen LogP contribution in [0.1, 0.15) is 0 Å². The molecule has 0 aliphatic carbocycles. The highest BCUT2D eigenvalue weighted by molar-refractivity contribution is 7.71. The third kappa shape index (κ3) is 1.98. The fourth-order valence-corrected chi connectivity index (χ4v) is 2.49. The van der Waals surface area contributed by atoms with Crippen LogP contribution < -0.4 is 9.47 Å². The summed E-state index contributed by atoms with van der Waals surface area (Å²) < 4.78 is 13.1. The van der Waals surface area contributed by atoms with Gasteiger partial charge in [0, 0.05) is 11.8 Å². The molecule has 0 saturated heterocycles. The van der Waals surface area contributed by atoms with Crippen LogP contribution in [0.5, 0.6) is 11.5 Å². The minimum Gasteiger partial charge on any atom is -0.454 e. The van der Waals surface area contributed by atoms with Crippen molar-refractivity contribution in [1.82, 2.24) is 19.7 Å². The summed E-state index contributed by atoms with van der Waals surface area (Å²) in [5.41, 5.74) is 1.74. The topological polar surface area (TPSA) is 65.0 Å². The average Bonchev–Trinajstić information content (AvgIpc) is 3.13. The fourth-order valence-electron chi connectivity index (χ4n) is 2.25. The van der Waals surface area contributed by atoms with Crippen LogP contribution in [-0.2, 0) is 0 Å². The Labute approximate surface area is 125 Å². The maximum Gasteiger partial charge on any atom is 0.231 e. The van der Waals surface area contributed by atoms with E-state index in [-0.39, 0.29) is 6.79 Å². The Morgan fingerprint density at radius 2 is 2.10 bits per heavy atom. The molecule has 1 aliphatic rings. The van der Waals surface area contributed by atoms with E-state index in [1.54, 1.807) is 12.4 Å². The number of aromatic amines is 1. The first kappa shape index (κ1) is 12.1.